The van der Waals surface area contributed by atoms with E-state index in [1.54, 1.807) is 20.3 Å². The highest BCUT2D eigenvalue weighted by atomic mass is 16.5. The summed E-state index contributed by atoms with van der Waals surface area (Å²) in [7, 11) is 5.18. The molecule has 0 aliphatic carbocycles. The Kier molecular flexibility index (Phi) is 3.88. The van der Waals surface area contributed by atoms with Crippen molar-refractivity contribution in [2.75, 3.05) is 14.2 Å². The number of nitrogens with zero attached hydrogens (tertiary/aromatic N) is 1. The van der Waals surface area contributed by atoms with Gasteiger partial charge in [0.25, 0.3) is 0 Å². The maximum absolute atomic E-state index is 13.2. The molecule has 130 valence electrons. The minimum absolute atomic E-state index is 0.0394. The van der Waals surface area contributed by atoms with Crippen LogP contribution < -0.4 is 9.47 Å². The number of methoxy groups -OCH3 is 2. The zero-order valence-electron chi connectivity index (χ0n) is 14.9. The van der Waals surface area contributed by atoms with Crippen molar-refractivity contribution in [1.82, 2.24) is 4.57 Å². The third-order valence-corrected chi connectivity index (χ3v) is 4.79. The molecule has 0 radical (unpaired) electrons. The van der Waals surface area contributed by atoms with Crippen molar-refractivity contribution in [1.29, 1.82) is 0 Å². The average molecular weight is 345 g/mol. The lowest BCUT2D eigenvalue weighted by Gasteiger charge is -2.13. The van der Waals surface area contributed by atoms with E-state index < -0.39 is 0 Å². The van der Waals surface area contributed by atoms with Crippen molar-refractivity contribution in [2.24, 2.45) is 7.05 Å². The zero-order chi connectivity index (χ0) is 18.3. The third-order valence-electron chi connectivity index (χ3n) is 4.79. The zero-order valence-corrected chi connectivity index (χ0v) is 14.9. The molecule has 4 aromatic rings. The number of fused-ring (bicyclic) bond motifs is 3. The van der Waals surface area contributed by atoms with Gasteiger partial charge < -0.3 is 14.0 Å². The highest BCUT2D eigenvalue weighted by molar-refractivity contribution is 6.22. The van der Waals surface area contributed by atoms with Gasteiger partial charge in [-0.3, -0.25) is 4.79 Å². The van der Waals surface area contributed by atoms with Crippen molar-refractivity contribution in [3.8, 4) is 11.5 Å². The maximum atomic E-state index is 13.2. The van der Waals surface area contributed by atoms with Crippen LogP contribution in [0.3, 0.4) is 0 Å². The summed E-state index contributed by atoms with van der Waals surface area (Å²) in [5, 5.41) is 1.92. The molecule has 1 heterocycles. The van der Waals surface area contributed by atoms with Gasteiger partial charge in [0.1, 0.15) is 0 Å². The van der Waals surface area contributed by atoms with E-state index in [1.165, 1.54) is 0 Å². The fourth-order valence-electron chi connectivity index (χ4n) is 3.60. The molecule has 0 saturated carbocycles. The fourth-order valence-corrected chi connectivity index (χ4v) is 3.60. The summed E-state index contributed by atoms with van der Waals surface area (Å²) in [6, 6.07) is 19.1. The lowest BCUT2D eigenvalue weighted by Crippen LogP contribution is -2.06. The van der Waals surface area contributed by atoms with Gasteiger partial charge in [0, 0.05) is 23.5 Å². The molecule has 0 unspecified atom stereocenters. The van der Waals surface area contributed by atoms with Crippen LogP contribution in [-0.2, 0) is 7.05 Å². The Morgan fingerprint density at radius 1 is 0.923 bits per heavy atom. The lowest BCUT2D eigenvalue weighted by molar-refractivity contribution is 0.103. The first-order chi connectivity index (χ1) is 12.7. The van der Waals surface area contributed by atoms with Crippen LogP contribution in [0.1, 0.15) is 15.9 Å². The third kappa shape index (κ3) is 2.26. The van der Waals surface area contributed by atoms with Crippen LogP contribution in [0.15, 0.2) is 60.7 Å². The Hall–Kier alpha value is -3.27. The van der Waals surface area contributed by atoms with Gasteiger partial charge in [0.2, 0.25) is 0 Å². The lowest BCUT2D eigenvalue weighted by atomic mass is 9.99. The number of ketones is 1. The average Bonchev–Trinajstić information content (AvgIpc) is 3.00. The molecule has 0 fully saturated rings. The van der Waals surface area contributed by atoms with E-state index in [4.69, 9.17) is 9.47 Å². The van der Waals surface area contributed by atoms with Gasteiger partial charge in [-0.05, 0) is 12.1 Å². The number of carbonyl (C=O) groups is 1. The largest absolute Gasteiger partial charge is 0.493 e. The number of para-hydroxylation sites is 1. The molecular weight excluding hydrogens is 326 g/mol. The Morgan fingerprint density at radius 2 is 1.62 bits per heavy atom. The Morgan fingerprint density at radius 3 is 2.31 bits per heavy atom. The Balaban J connectivity index is 2.16. The summed E-state index contributed by atoms with van der Waals surface area (Å²) in [4.78, 5) is 13.2. The first-order valence-electron chi connectivity index (χ1n) is 8.39. The van der Waals surface area contributed by atoms with Crippen molar-refractivity contribution in [3.05, 3.63) is 71.8 Å². The van der Waals surface area contributed by atoms with Gasteiger partial charge in [0.15, 0.2) is 17.3 Å². The summed E-state index contributed by atoms with van der Waals surface area (Å²) < 4.78 is 13.2. The predicted molar refractivity (Wildman–Crippen MR) is 103 cm³/mol. The number of carbonyl (C=O) groups excluding carboxylic acids is 1. The number of aromatic nitrogens is 1. The molecule has 0 saturated heterocycles. The van der Waals surface area contributed by atoms with E-state index in [0.29, 0.717) is 22.6 Å². The minimum atomic E-state index is -0.0394. The van der Waals surface area contributed by atoms with Gasteiger partial charge in [-0.15, -0.1) is 0 Å². The molecule has 0 spiro atoms. The maximum Gasteiger partial charge on any atom is 0.195 e. The molecule has 3 aromatic carbocycles. The van der Waals surface area contributed by atoms with Crippen molar-refractivity contribution >= 4 is 27.6 Å². The highest BCUT2D eigenvalue weighted by Crippen LogP contribution is 2.43. The van der Waals surface area contributed by atoms with Crippen LogP contribution >= 0.6 is 0 Å². The molecule has 4 nitrogen and oxygen atoms in total. The number of rotatable bonds is 4. The van der Waals surface area contributed by atoms with Crippen LogP contribution in [0.5, 0.6) is 11.5 Å². The second-order valence-electron chi connectivity index (χ2n) is 6.15. The Labute approximate surface area is 151 Å². The summed E-state index contributed by atoms with van der Waals surface area (Å²) in [6.45, 7) is 0. The SMILES string of the molecule is COc1cc(C(=O)c2ccccc2)c2c(c1OC)c1ccccc1n2C. The minimum Gasteiger partial charge on any atom is -0.493 e. The number of benzene rings is 3. The quantitative estimate of drug-likeness (QED) is 0.508. The normalized spacial score (nSPS) is 11.0. The highest BCUT2D eigenvalue weighted by Gasteiger charge is 2.24. The van der Waals surface area contributed by atoms with Crippen LogP contribution in [0.25, 0.3) is 21.8 Å². The summed E-state index contributed by atoms with van der Waals surface area (Å²) in [6.07, 6.45) is 0. The molecule has 0 amide bonds. The van der Waals surface area contributed by atoms with E-state index in [1.807, 2.05) is 66.2 Å². The molecule has 0 N–H and O–H groups in total. The number of hydrogen-bond donors (Lipinski definition) is 0. The molecule has 0 bridgehead atoms. The number of hydrogen-bond acceptors (Lipinski definition) is 3. The summed E-state index contributed by atoms with van der Waals surface area (Å²) in [5.41, 5.74) is 3.13. The van der Waals surface area contributed by atoms with Crippen molar-refractivity contribution in [2.45, 2.75) is 0 Å². The van der Waals surface area contributed by atoms with Gasteiger partial charge >= 0.3 is 0 Å². The van der Waals surface area contributed by atoms with Crippen LogP contribution in [-0.4, -0.2) is 24.6 Å². The summed E-state index contributed by atoms with van der Waals surface area (Å²) >= 11 is 0. The molecule has 4 heteroatoms. The second kappa shape index (κ2) is 6.23. The number of aryl methyl sites for hydroxylation is 1. The van der Waals surface area contributed by atoms with Crippen LogP contribution in [0, 0.1) is 0 Å². The van der Waals surface area contributed by atoms with Gasteiger partial charge in [-0.1, -0.05) is 48.5 Å². The van der Waals surface area contributed by atoms with Crippen LogP contribution in [0.2, 0.25) is 0 Å². The summed E-state index contributed by atoms with van der Waals surface area (Å²) in [5.74, 6) is 1.15. The van der Waals surface area contributed by atoms with Crippen LogP contribution in [0.4, 0.5) is 0 Å². The van der Waals surface area contributed by atoms with E-state index >= 15 is 0 Å². The van der Waals surface area contributed by atoms with E-state index in [-0.39, 0.29) is 5.78 Å². The predicted octanol–water partition coefficient (Wildman–Crippen LogP) is 4.58. The molecule has 4 rings (SSSR count). The monoisotopic (exact) mass is 345 g/mol. The number of ether oxygens (including phenoxy) is 2. The van der Waals surface area contributed by atoms with Gasteiger partial charge in [-0.2, -0.15) is 0 Å². The van der Waals surface area contributed by atoms with E-state index in [2.05, 4.69) is 0 Å². The molecule has 1 aromatic heterocycles. The smallest absolute Gasteiger partial charge is 0.195 e. The molecule has 0 atom stereocenters. The molecule has 0 aliphatic rings. The molecular formula is C22H19NO3. The van der Waals surface area contributed by atoms with E-state index in [9.17, 15) is 4.79 Å². The molecule has 26 heavy (non-hydrogen) atoms. The first kappa shape index (κ1) is 16.2. The second-order valence-corrected chi connectivity index (χ2v) is 6.15. The fraction of sp³-hybridized carbons (Fsp3) is 0.136. The van der Waals surface area contributed by atoms with Gasteiger partial charge in [-0.25, -0.2) is 0 Å². The topological polar surface area (TPSA) is 40.5 Å². The van der Waals surface area contributed by atoms with Crippen molar-refractivity contribution in [3.63, 3.8) is 0 Å². The van der Waals surface area contributed by atoms with Gasteiger partial charge in [0.05, 0.1) is 30.7 Å². The molecule has 0 aliphatic heterocycles. The van der Waals surface area contributed by atoms with Crippen molar-refractivity contribution < 1.29 is 14.3 Å². The Bertz CT molecular complexity index is 1130. The first-order valence-corrected chi connectivity index (χ1v) is 8.39. The van der Waals surface area contributed by atoms with E-state index in [0.717, 1.165) is 21.8 Å². The standard InChI is InChI=1S/C22H19NO3/c1-23-17-12-8-7-11-15(17)19-20(23)16(13-18(25-2)22(19)26-3)21(24)14-9-5-4-6-10-14/h4-13H,1-3H3.